The van der Waals surface area contributed by atoms with Crippen LogP contribution in [0.15, 0.2) is 65.6 Å². The Balaban J connectivity index is 1.43. The molecule has 3 aromatic rings. The van der Waals surface area contributed by atoms with Crippen molar-refractivity contribution in [1.82, 2.24) is 4.90 Å². The molecule has 1 N–H and O–H groups in total. The summed E-state index contributed by atoms with van der Waals surface area (Å²) in [5.74, 6) is -0.260. The quantitative estimate of drug-likeness (QED) is 0.212. The summed E-state index contributed by atoms with van der Waals surface area (Å²) in [7, 11) is 1.46. The van der Waals surface area contributed by atoms with Gasteiger partial charge in [0, 0.05) is 17.8 Å². The Morgan fingerprint density at radius 2 is 1.87 bits per heavy atom. The number of non-ortho nitro benzene ring substituents is 1. The van der Waals surface area contributed by atoms with Crippen LogP contribution in [0.4, 0.5) is 16.2 Å². The standard InChI is InChI=1S/C28H25N3O7S/c1-17-7-8-18(2)22(11-17)29-26(32)15-30-27(33)25(39-28(30)34)14-19-9-10-23(24(13-19)37-3)38-16-20-5-4-6-21(12-20)31(35)36/h4-14H,15-16H2,1-3H3,(H,29,32)/b25-14+. The molecule has 0 saturated carbocycles. The Labute approximate surface area is 228 Å². The van der Waals surface area contributed by atoms with E-state index in [0.717, 1.165) is 27.8 Å². The van der Waals surface area contributed by atoms with Crippen molar-refractivity contribution in [2.45, 2.75) is 20.5 Å². The number of methoxy groups -OCH3 is 1. The van der Waals surface area contributed by atoms with Crippen LogP contribution in [0.5, 0.6) is 11.5 Å². The molecular weight excluding hydrogens is 522 g/mol. The van der Waals surface area contributed by atoms with Gasteiger partial charge >= 0.3 is 0 Å². The molecule has 10 nitrogen and oxygen atoms in total. The Kier molecular flexibility index (Phi) is 8.30. The van der Waals surface area contributed by atoms with E-state index in [0.29, 0.717) is 28.3 Å². The van der Waals surface area contributed by atoms with E-state index in [2.05, 4.69) is 5.32 Å². The molecule has 200 valence electrons. The molecule has 1 aliphatic heterocycles. The summed E-state index contributed by atoms with van der Waals surface area (Å²) < 4.78 is 11.2. The lowest BCUT2D eigenvalue weighted by Crippen LogP contribution is -2.36. The molecule has 0 atom stereocenters. The lowest BCUT2D eigenvalue weighted by Gasteiger charge is -2.14. The topological polar surface area (TPSA) is 128 Å². The van der Waals surface area contributed by atoms with Crippen LogP contribution in [-0.2, 0) is 16.2 Å². The molecule has 1 saturated heterocycles. The average Bonchev–Trinajstić information content (AvgIpc) is 3.17. The number of hydrogen-bond acceptors (Lipinski definition) is 8. The summed E-state index contributed by atoms with van der Waals surface area (Å²) in [6.07, 6.45) is 1.54. The smallest absolute Gasteiger partial charge is 0.294 e. The van der Waals surface area contributed by atoms with E-state index >= 15 is 0 Å². The maximum absolute atomic E-state index is 12.9. The molecule has 11 heteroatoms. The number of carbonyl (C=O) groups excluding carboxylic acids is 3. The van der Waals surface area contributed by atoms with Gasteiger partial charge in [-0.2, -0.15) is 0 Å². The second-order valence-corrected chi connectivity index (χ2v) is 9.75. The number of anilines is 1. The SMILES string of the molecule is COc1cc(/C=C2/SC(=O)N(CC(=O)Nc3cc(C)ccc3C)C2=O)ccc1OCc1cccc([N+](=O)[O-])c1. The molecule has 0 spiro atoms. The van der Waals surface area contributed by atoms with Gasteiger partial charge in [0.15, 0.2) is 11.5 Å². The van der Waals surface area contributed by atoms with Gasteiger partial charge in [0.2, 0.25) is 5.91 Å². The minimum Gasteiger partial charge on any atom is -0.493 e. The van der Waals surface area contributed by atoms with Crippen molar-refractivity contribution in [2.24, 2.45) is 0 Å². The number of hydrogen-bond donors (Lipinski definition) is 1. The number of nitrogens with zero attached hydrogens (tertiary/aromatic N) is 2. The van der Waals surface area contributed by atoms with E-state index < -0.39 is 28.5 Å². The Bertz CT molecular complexity index is 1500. The third-order valence-corrected chi connectivity index (χ3v) is 6.75. The Morgan fingerprint density at radius 3 is 2.62 bits per heavy atom. The molecule has 4 rings (SSSR count). The minimum atomic E-state index is -0.564. The number of nitrogens with one attached hydrogen (secondary N) is 1. The molecular formula is C28H25N3O7S. The van der Waals surface area contributed by atoms with Crippen molar-refractivity contribution in [2.75, 3.05) is 19.0 Å². The van der Waals surface area contributed by atoms with Gasteiger partial charge in [-0.15, -0.1) is 0 Å². The van der Waals surface area contributed by atoms with Crippen LogP contribution in [0, 0.1) is 24.0 Å². The minimum absolute atomic E-state index is 0.0323. The van der Waals surface area contributed by atoms with Gasteiger partial charge in [-0.25, -0.2) is 0 Å². The van der Waals surface area contributed by atoms with Crippen molar-refractivity contribution in [1.29, 1.82) is 0 Å². The summed E-state index contributed by atoms with van der Waals surface area (Å²) in [5, 5.41) is 13.2. The van der Waals surface area contributed by atoms with E-state index in [1.807, 2.05) is 32.0 Å². The largest absolute Gasteiger partial charge is 0.493 e. The molecule has 1 fully saturated rings. The van der Waals surface area contributed by atoms with Crippen LogP contribution in [0.3, 0.4) is 0 Å². The molecule has 3 aromatic carbocycles. The van der Waals surface area contributed by atoms with Crippen molar-refractivity contribution in [3.63, 3.8) is 0 Å². The van der Waals surface area contributed by atoms with Crippen LogP contribution in [-0.4, -0.2) is 40.5 Å². The third kappa shape index (κ3) is 6.63. The van der Waals surface area contributed by atoms with Crippen molar-refractivity contribution in [3.05, 3.63) is 97.9 Å². The van der Waals surface area contributed by atoms with Gasteiger partial charge in [0.25, 0.3) is 16.8 Å². The molecule has 1 heterocycles. The first kappa shape index (κ1) is 27.4. The Hall–Kier alpha value is -4.64. The molecule has 39 heavy (non-hydrogen) atoms. The zero-order valence-corrected chi connectivity index (χ0v) is 22.2. The number of carbonyl (C=O) groups is 3. The highest BCUT2D eigenvalue weighted by molar-refractivity contribution is 8.18. The molecule has 0 unspecified atom stereocenters. The lowest BCUT2D eigenvalue weighted by molar-refractivity contribution is -0.384. The number of thioether (sulfide) groups is 1. The van der Waals surface area contributed by atoms with Crippen LogP contribution >= 0.6 is 11.8 Å². The van der Waals surface area contributed by atoms with Crippen LogP contribution in [0.25, 0.3) is 6.08 Å². The maximum Gasteiger partial charge on any atom is 0.294 e. The summed E-state index contributed by atoms with van der Waals surface area (Å²) in [5.41, 5.74) is 3.64. The van der Waals surface area contributed by atoms with Gasteiger partial charge in [-0.1, -0.05) is 30.3 Å². The summed E-state index contributed by atoms with van der Waals surface area (Å²) in [6.45, 7) is 3.45. The number of amides is 3. The zero-order valence-electron chi connectivity index (χ0n) is 21.4. The first-order valence-corrected chi connectivity index (χ1v) is 12.6. The van der Waals surface area contributed by atoms with E-state index in [1.54, 1.807) is 36.4 Å². The maximum atomic E-state index is 12.9. The van der Waals surface area contributed by atoms with Crippen molar-refractivity contribution in [3.8, 4) is 11.5 Å². The van der Waals surface area contributed by atoms with E-state index in [4.69, 9.17) is 9.47 Å². The molecule has 3 amide bonds. The second-order valence-electron chi connectivity index (χ2n) is 8.76. The molecule has 0 aromatic heterocycles. The van der Waals surface area contributed by atoms with Gasteiger partial charge in [0.1, 0.15) is 13.2 Å². The number of nitro groups is 1. The molecule has 0 radical (unpaired) electrons. The summed E-state index contributed by atoms with van der Waals surface area (Å²) in [6, 6.07) is 16.7. The van der Waals surface area contributed by atoms with E-state index in [9.17, 15) is 24.5 Å². The monoisotopic (exact) mass is 547 g/mol. The van der Waals surface area contributed by atoms with Gasteiger partial charge in [-0.3, -0.25) is 29.4 Å². The molecule has 1 aliphatic rings. The van der Waals surface area contributed by atoms with Crippen molar-refractivity contribution < 1.29 is 28.8 Å². The first-order chi connectivity index (χ1) is 18.6. The predicted octanol–water partition coefficient (Wildman–Crippen LogP) is 5.47. The third-order valence-electron chi connectivity index (χ3n) is 5.84. The molecule has 0 aliphatic carbocycles. The lowest BCUT2D eigenvalue weighted by atomic mass is 10.1. The first-order valence-electron chi connectivity index (χ1n) is 11.8. The normalized spacial score (nSPS) is 14.0. The summed E-state index contributed by atoms with van der Waals surface area (Å²) in [4.78, 5) is 49.6. The number of ether oxygens (including phenoxy) is 2. The molecule has 0 bridgehead atoms. The predicted molar refractivity (Wildman–Crippen MR) is 148 cm³/mol. The fourth-order valence-corrected chi connectivity index (χ4v) is 4.64. The van der Waals surface area contributed by atoms with Crippen LogP contribution < -0.4 is 14.8 Å². The highest BCUT2D eigenvalue weighted by Crippen LogP contribution is 2.35. The van der Waals surface area contributed by atoms with Gasteiger partial charge < -0.3 is 14.8 Å². The van der Waals surface area contributed by atoms with Gasteiger partial charge in [-0.05, 0) is 72.1 Å². The number of imide groups is 1. The van der Waals surface area contributed by atoms with Crippen molar-refractivity contribution >= 4 is 46.3 Å². The fourth-order valence-electron chi connectivity index (χ4n) is 3.81. The number of rotatable bonds is 9. The number of aryl methyl sites for hydroxylation is 2. The second kappa shape index (κ2) is 11.8. The van der Waals surface area contributed by atoms with E-state index in [-0.39, 0.29) is 17.2 Å². The fraction of sp³-hybridized carbons (Fsp3) is 0.179. The van der Waals surface area contributed by atoms with E-state index in [1.165, 1.54) is 19.2 Å². The number of benzene rings is 3. The summed E-state index contributed by atoms with van der Waals surface area (Å²) >= 11 is 0.751. The van der Waals surface area contributed by atoms with Crippen LogP contribution in [0.2, 0.25) is 0 Å². The highest BCUT2D eigenvalue weighted by atomic mass is 32.2. The zero-order chi connectivity index (χ0) is 28.1. The number of nitro benzene ring substituents is 1. The Morgan fingerprint density at radius 1 is 1.08 bits per heavy atom. The average molecular weight is 548 g/mol. The van der Waals surface area contributed by atoms with Crippen LogP contribution in [0.1, 0.15) is 22.3 Å². The highest BCUT2D eigenvalue weighted by Gasteiger charge is 2.36. The van der Waals surface area contributed by atoms with Gasteiger partial charge in [0.05, 0.1) is 16.9 Å².